The van der Waals surface area contributed by atoms with Crippen LogP contribution in [0.3, 0.4) is 0 Å². The number of hydrogen-bond donors (Lipinski definition) is 1. The Bertz CT molecular complexity index is 345. The summed E-state index contributed by atoms with van der Waals surface area (Å²) in [6.07, 6.45) is -0.286. The fourth-order valence-electron chi connectivity index (χ4n) is 1.20. The van der Waals surface area contributed by atoms with Crippen molar-refractivity contribution in [2.24, 2.45) is 0 Å². The maximum atomic E-state index is 11.7. The zero-order valence-electron chi connectivity index (χ0n) is 9.65. The number of aromatic nitrogens is 1. The first kappa shape index (κ1) is 12.9. The molecule has 1 heterocycles. The van der Waals surface area contributed by atoms with Crippen molar-refractivity contribution in [3.63, 3.8) is 0 Å². The van der Waals surface area contributed by atoms with Crippen LogP contribution in [0.1, 0.15) is 29.9 Å². The van der Waals surface area contributed by atoms with E-state index in [0.717, 1.165) is 11.5 Å². The number of carbonyl (C=O) groups excluding carboxylic acids is 1. The van der Waals surface area contributed by atoms with Crippen molar-refractivity contribution in [2.45, 2.75) is 26.9 Å². The van der Waals surface area contributed by atoms with E-state index in [4.69, 9.17) is 15.2 Å². The second-order valence-electron chi connectivity index (χ2n) is 3.38. The van der Waals surface area contributed by atoms with Crippen LogP contribution in [0.5, 0.6) is 0 Å². The molecule has 90 valence electrons. The third-order valence-corrected chi connectivity index (χ3v) is 2.72. The number of esters is 1. The van der Waals surface area contributed by atoms with Gasteiger partial charge in [-0.1, -0.05) is 0 Å². The SMILES string of the molecule is CCOCC(C)OC(=O)c1c(C)nsc1N. The summed E-state index contributed by atoms with van der Waals surface area (Å²) in [7, 11) is 0. The number of nitrogens with zero attached hydrogens (tertiary/aromatic N) is 1. The van der Waals surface area contributed by atoms with Crippen molar-refractivity contribution in [3.8, 4) is 0 Å². The molecule has 1 aromatic heterocycles. The van der Waals surface area contributed by atoms with Crippen LogP contribution in [0.2, 0.25) is 0 Å². The summed E-state index contributed by atoms with van der Waals surface area (Å²) >= 11 is 1.10. The minimum Gasteiger partial charge on any atom is -0.456 e. The van der Waals surface area contributed by atoms with Gasteiger partial charge in [-0.05, 0) is 32.3 Å². The first-order valence-corrected chi connectivity index (χ1v) is 5.84. The maximum absolute atomic E-state index is 11.7. The van der Waals surface area contributed by atoms with E-state index < -0.39 is 5.97 Å². The zero-order valence-corrected chi connectivity index (χ0v) is 10.5. The average molecular weight is 244 g/mol. The molecule has 0 saturated heterocycles. The highest BCUT2D eigenvalue weighted by Gasteiger charge is 2.20. The summed E-state index contributed by atoms with van der Waals surface area (Å²) in [5.74, 6) is -0.434. The van der Waals surface area contributed by atoms with Crippen molar-refractivity contribution in [2.75, 3.05) is 18.9 Å². The number of anilines is 1. The van der Waals surface area contributed by atoms with E-state index in [0.29, 0.717) is 29.5 Å². The Morgan fingerprint density at radius 2 is 2.31 bits per heavy atom. The summed E-state index contributed by atoms with van der Waals surface area (Å²) in [6, 6.07) is 0. The normalized spacial score (nSPS) is 12.4. The number of nitrogen functional groups attached to an aromatic ring is 1. The summed E-state index contributed by atoms with van der Waals surface area (Å²) in [6.45, 7) is 6.39. The molecule has 16 heavy (non-hydrogen) atoms. The highest BCUT2D eigenvalue weighted by molar-refractivity contribution is 7.10. The van der Waals surface area contributed by atoms with E-state index in [2.05, 4.69) is 4.37 Å². The molecule has 1 aromatic rings. The molecule has 0 fully saturated rings. The predicted octanol–water partition coefficient (Wildman–Crippen LogP) is 1.62. The third kappa shape index (κ3) is 3.18. The number of rotatable bonds is 5. The van der Waals surface area contributed by atoms with Gasteiger partial charge < -0.3 is 15.2 Å². The molecule has 6 heteroatoms. The number of hydrogen-bond acceptors (Lipinski definition) is 6. The minimum absolute atomic E-state index is 0.286. The lowest BCUT2D eigenvalue weighted by Crippen LogP contribution is -2.21. The largest absolute Gasteiger partial charge is 0.456 e. The Morgan fingerprint density at radius 3 is 2.81 bits per heavy atom. The van der Waals surface area contributed by atoms with Crippen LogP contribution in [0.25, 0.3) is 0 Å². The number of nitrogens with two attached hydrogens (primary N) is 1. The first-order valence-electron chi connectivity index (χ1n) is 5.06. The summed E-state index contributed by atoms with van der Waals surface area (Å²) < 4.78 is 14.3. The van der Waals surface area contributed by atoms with Crippen molar-refractivity contribution in [1.29, 1.82) is 0 Å². The van der Waals surface area contributed by atoms with Gasteiger partial charge in [0.2, 0.25) is 0 Å². The standard InChI is InChI=1S/C10H16N2O3S/c1-4-14-5-6(2)15-10(13)8-7(3)12-16-9(8)11/h6H,4-5,11H2,1-3H3. The van der Waals surface area contributed by atoms with Gasteiger partial charge in [0, 0.05) is 6.61 Å². The Balaban J connectivity index is 2.59. The number of aryl methyl sites for hydroxylation is 1. The molecule has 0 bridgehead atoms. The smallest absolute Gasteiger partial charge is 0.343 e. The molecular formula is C10H16N2O3S. The topological polar surface area (TPSA) is 74.4 Å². The van der Waals surface area contributed by atoms with Gasteiger partial charge in [0.25, 0.3) is 0 Å². The van der Waals surface area contributed by atoms with E-state index in [1.807, 2.05) is 6.92 Å². The van der Waals surface area contributed by atoms with Gasteiger partial charge in [-0.25, -0.2) is 4.79 Å². The van der Waals surface area contributed by atoms with Crippen molar-refractivity contribution < 1.29 is 14.3 Å². The molecule has 0 saturated carbocycles. The Kier molecular flexibility index (Phi) is 4.70. The number of ether oxygens (including phenoxy) is 2. The van der Waals surface area contributed by atoms with E-state index in [9.17, 15) is 4.79 Å². The lowest BCUT2D eigenvalue weighted by atomic mass is 10.2. The Hall–Kier alpha value is -1.14. The second-order valence-corrected chi connectivity index (χ2v) is 4.19. The Labute approximate surface area is 98.7 Å². The molecule has 0 aromatic carbocycles. The highest BCUT2D eigenvalue weighted by Crippen LogP contribution is 2.21. The van der Waals surface area contributed by atoms with Crippen LogP contribution < -0.4 is 5.73 Å². The molecule has 1 rings (SSSR count). The van der Waals surface area contributed by atoms with E-state index in [1.165, 1.54) is 0 Å². The summed E-state index contributed by atoms with van der Waals surface area (Å²) in [5, 5.41) is 0.395. The molecule has 2 N–H and O–H groups in total. The lowest BCUT2D eigenvalue weighted by molar-refractivity contribution is 0.00445. The van der Waals surface area contributed by atoms with Gasteiger partial charge in [0.05, 0.1) is 12.3 Å². The van der Waals surface area contributed by atoms with Gasteiger partial charge >= 0.3 is 5.97 Å². The zero-order chi connectivity index (χ0) is 12.1. The molecule has 5 nitrogen and oxygen atoms in total. The van der Waals surface area contributed by atoms with E-state index >= 15 is 0 Å². The molecule has 0 aliphatic carbocycles. The molecule has 0 radical (unpaired) electrons. The molecule has 0 amide bonds. The molecule has 0 spiro atoms. The van der Waals surface area contributed by atoms with Gasteiger partial charge in [0.1, 0.15) is 16.7 Å². The molecule has 0 aliphatic heterocycles. The van der Waals surface area contributed by atoms with Crippen LogP contribution >= 0.6 is 11.5 Å². The lowest BCUT2D eigenvalue weighted by Gasteiger charge is -2.12. The van der Waals surface area contributed by atoms with Gasteiger partial charge in [-0.3, -0.25) is 0 Å². The second kappa shape index (κ2) is 5.81. The van der Waals surface area contributed by atoms with Gasteiger partial charge in [-0.15, -0.1) is 0 Å². The number of carbonyl (C=O) groups is 1. The fraction of sp³-hybridized carbons (Fsp3) is 0.600. The van der Waals surface area contributed by atoms with E-state index in [1.54, 1.807) is 13.8 Å². The molecular weight excluding hydrogens is 228 g/mol. The van der Waals surface area contributed by atoms with Crippen LogP contribution in [-0.4, -0.2) is 29.7 Å². The van der Waals surface area contributed by atoms with Gasteiger partial charge in [0.15, 0.2) is 0 Å². The van der Waals surface area contributed by atoms with Crippen molar-refractivity contribution in [1.82, 2.24) is 4.37 Å². The van der Waals surface area contributed by atoms with Crippen LogP contribution in [-0.2, 0) is 9.47 Å². The van der Waals surface area contributed by atoms with E-state index in [-0.39, 0.29) is 6.10 Å². The van der Waals surface area contributed by atoms with Crippen LogP contribution in [0.4, 0.5) is 5.00 Å². The molecule has 1 unspecified atom stereocenters. The van der Waals surface area contributed by atoms with Crippen molar-refractivity contribution in [3.05, 3.63) is 11.3 Å². The average Bonchev–Trinajstić information content (AvgIpc) is 2.55. The fourth-order valence-corrected chi connectivity index (χ4v) is 1.84. The monoisotopic (exact) mass is 244 g/mol. The maximum Gasteiger partial charge on any atom is 0.343 e. The molecule has 1 atom stereocenters. The Morgan fingerprint density at radius 1 is 1.62 bits per heavy atom. The van der Waals surface area contributed by atoms with Crippen LogP contribution in [0.15, 0.2) is 0 Å². The summed E-state index contributed by atoms with van der Waals surface area (Å²) in [5.41, 5.74) is 6.62. The predicted molar refractivity (Wildman–Crippen MR) is 62.6 cm³/mol. The highest BCUT2D eigenvalue weighted by atomic mass is 32.1. The third-order valence-electron chi connectivity index (χ3n) is 1.96. The van der Waals surface area contributed by atoms with Gasteiger partial charge in [-0.2, -0.15) is 4.37 Å². The van der Waals surface area contributed by atoms with Crippen LogP contribution in [0, 0.1) is 6.92 Å². The minimum atomic E-state index is -0.434. The quantitative estimate of drug-likeness (QED) is 0.796. The van der Waals surface area contributed by atoms with Crippen molar-refractivity contribution >= 4 is 22.5 Å². The first-order chi connectivity index (χ1) is 7.56. The summed E-state index contributed by atoms with van der Waals surface area (Å²) in [4.78, 5) is 11.7. The molecule has 0 aliphatic rings.